The molecule has 0 aliphatic heterocycles. The van der Waals surface area contributed by atoms with Crippen LogP contribution in [0.1, 0.15) is 12.5 Å². The Hall–Kier alpha value is -1.15. The quantitative estimate of drug-likeness (QED) is 0.740. The van der Waals surface area contributed by atoms with Crippen LogP contribution >= 0.6 is 0 Å². The van der Waals surface area contributed by atoms with E-state index in [9.17, 15) is 8.42 Å². The van der Waals surface area contributed by atoms with E-state index in [1.807, 2.05) is 0 Å². The summed E-state index contributed by atoms with van der Waals surface area (Å²) in [6, 6.07) is 4.50. The average molecular weight is 302 g/mol. The molecule has 1 unspecified atom stereocenters. The van der Waals surface area contributed by atoms with Gasteiger partial charge in [0.25, 0.3) is 0 Å². The second-order valence-electron chi connectivity index (χ2n) is 4.48. The Morgan fingerprint density at radius 2 is 2.00 bits per heavy atom. The molecule has 0 radical (unpaired) electrons. The van der Waals surface area contributed by atoms with Gasteiger partial charge in [-0.05, 0) is 32.2 Å². The van der Waals surface area contributed by atoms with Crippen molar-refractivity contribution in [1.29, 1.82) is 0 Å². The van der Waals surface area contributed by atoms with E-state index in [-0.39, 0.29) is 10.9 Å². The summed E-state index contributed by atoms with van der Waals surface area (Å²) in [5.41, 5.74) is 0.789. The zero-order valence-electron chi connectivity index (χ0n) is 12.3. The third kappa shape index (κ3) is 4.45. The normalized spacial score (nSPS) is 13.2. The molecule has 0 aromatic heterocycles. The predicted molar refractivity (Wildman–Crippen MR) is 77.4 cm³/mol. The number of benzene rings is 1. The Balaban J connectivity index is 3.03. The maximum absolute atomic E-state index is 12.2. The highest BCUT2D eigenvalue weighted by atomic mass is 32.2. The van der Waals surface area contributed by atoms with Crippen molar-refractivity contribution in [3.63, 3.8) is 0 Å². The lowest BCUT2D eigenvalue weighted by Crippen LogP contribution is -2.35. The third-order valence-electron chi connectivity index (χ3n) is 2.70. The van der Waals surface area contributed by atoms with Crippen molar-refractivity contribution in [3.05, 3.63) is 23.8 Å². The molecule has 0 aliphatic rings. The van der Waals surface area contributed by atoms with Gasteiger partial charge in [0.1, 0.15) is 5.75 Å². The largest absolute Gasteiger partial charge is 0.496 e. The Morgan fingerprint density at radius 1 is 1.30 bits per heavy atom. The molecule has 1 rings (SSSR count). The van der Waals surface area contributed by atoms with Gasteiger partial charge in [0, 0.05) is 25.3 Å². The van der Waals surface area contributed by atoms with E-state index in [1.165, 1.54) is 13.2 Å². The van der Waals surface area contributed by atoms with Gasteiger partial charge in [0.2, 0.25) is 10.0 Å². The van der Waals surface area contributed by atoms with E-state index >= 15 is 0 Å². The van der Waals surface area contributed by atoms with Crippen LogP contribution < -0.4 is 14.8 Å². The molecular formula is C13H22N2O4S. The van der Waals surface area contributed by atoms with Crippen molar-refractivity contribution in [2.45, 2.75) is 24.4 Å². The monoisotopic (exact) mass is 302 g/mol. The number of hydrogen-bond donors (Lipinski definition) is 2. The fourth-order valence-electron chi connectivity index (χ4n) is 1.87. The van der Waals surface area contributed by atoms with E-state index < -0.39 is 10.0 Å². The van der Waals surface area contributed by atoms with Gasteiger partial charge in [0.05, 0.1) is 18.6 Å². The molecule has 0 amide bonds. The Morgan fingerprint density at radius 3 is 2.55 bits per heavy atom. The highest BCUT2D eigenvalue weighted by Gasteiger charge is 2.18. The van der Waals surface area contributed by atoms with E-state index in [0.717, 1.165) is 5.56 Å². The van der Waals surface area contributed by atoms with Crippen LogP contribution in [0.5, 0.6) is 5.75 Å². The molecule has 7 heteroatoms. The predicted octanol–water partition coefficient (Wildman–Crippen LogP) is 0.728. The third-order valence-corrected chi connectivity index (χ3v) is 4.29. The first kappa shape index (κ1) is 16.9. The van der Waals surface area contributed by atoms with Crippen LogP contribution in [-0.4, -0.2) is 42.3 Å². The zero-order chi connectivity index (χ0) is 15.2. The Kier molecular flexibility index (Phi) is 6.41. The van der Waals surface area contributed by atoms with Crippen molar-refractivity contribution < 1.29 is 17.9 Å². The summed E-state index contributed by atoms with van der Waals surface area (Å²) in [5.74, 6) is 0.656. The van der Waals surface area contributed by atoms with Crippen LogP contribution in [0.2, 0.25) is 0 Å². The first-order valence-corrected chi connectivity index (χ1v) is 7.75. The smallest absolute Gasteiger partial charge is 0.240 e. The van der Waals surface area contributed by atoms with Gasteiger partial charge < -0.3 is 14.8 Å². The van der Waals surface area contributed by atoms with Crippen molar-refractivity contribution in [2.75, 3.05) is 27.9 Å². The zero-order valence-corrected chi connectivity index (χ0v) is 13.1. The molecule has 0 saturated carbocycles. The Labute approximate surface area is 120 Å². The van der Waals surface area contributed by atoms with Crippen LogP contribution in [0.25, 0.3) is 0 Å². The average Bonchev–Trinajstić information content (AvgIpc) is 2.38. The first-order valence-electron chi connectivity index (χ1n) is 6.27. The molecule has 0 fully saturated rings. The summed E-state index contributed by atoms with van der Waals surface area (Å²) >= 11 is 0. The number of hydrogen-bond acceptors (Lipinski definition) is 5. The number of ether oxygens (including phenoxy) is 2. The first-order chi connectivity index (χ1) is 9.44. The minimum atomic E-state index is -3.56. The molecule has 2 N–H and O–H groups in total. The van der Waals surface area contributed by atoms with Crippen LogP contribution in [0, 0.1) is 0 Å². The van der Waals surface area contributed by atoms with Gasteiger partial charge in [0.15, 0.2) is 0 Å². The van der Waals surface area contributed by atoms with Crippen molar-refractivity contribution in [2.24, 2.45) is 0 Å². The summed E-state index contributed by atoms with van der Waals surface area (Å²) in [7, 11) is 1.32. The van der Waals surface area contributed by atoms with Gasteiger partial charge in [-0.15, -0.1) is 0 Å². The highest BCUT2D eigenvalue weighted by molar-refractivity contribution is 7.89. The highest BCUT2D eigenvalue weighted by Crippen LogP contribution is 2.22. The van der Waals surface area contributed by atoms with Gasteiger partial charge in [-0.25, -0.2) is 13.1 Å². The minimum absolute atomic E-state index is 0.214. The number of rotatable bonds is 8. The summed E-state index contributed by atoms with van der Waals surface area (Å²) in [4.78, 5) is 0.214. The van der Waals surface area contributed by atoms with Crippen LogP contribution in [-0.2, 0) is 21.3 Å². The molecule has 1 aromatic carbocycles. The summed E-state index contributed by atoms with van der Waals surface area (Å²) < 4.78 is 37.2. The van der Waals surface area contributed by atoms with E-state index in [2.05, 4.69) is 10.0 Å². The van der Waals surface area contributed by atoms with Gasteiger partial charge >= 0.3 is 0 Å². The number of sulfonamides is 1. The standard InChI is InChI=1S/C13H22N2O4S/c1-10(9-18-3)15-20(16,17)12-5-6-13(19-4)11(7-12)8-14-2/h5-7,10,14-15H,8-9H2,1-4H3. The second kappa shape index (κ2) is 7.58. The van der Waals surface area contributed by atoms with Crippen molar-refractivity contribution in [3.8, 4) is 5.75 Å². The molecule has 0 saturated heterocycles. The second-order valence-corrected chi connectivity index (χ2v) is 6.20. The van der Waals surface area contributed by atoms with Crippen LogP contribution in [0.15, 0.2) is 23.1 Å². The summed E-state index contributed by atoms with van der Waals surface area (Å²) in [5, 5.41) is 2.98. The maximum atomic E-state index is 12.2. The van der Waals surface area contributed by atoms with E-state index in [0.29, 0.717) is 18.9 Å². The molecule has 114 valence electrons. The van der Waals surface area contributed by atoms with Gasteiger partial charge in [-0.2, -0.15) is 0 Å². The molecule has 6 nitrogen and oxygen atoms in total. The molecule has 0 spiro atoms. The summed E-state index contributed by atoms with van der Waals surface area (Å²) in [6.45, 7) is 2.60. The molecule has 0 bridgehead atoms. The van der Waals surface area contributed by atoms with Gasteiger partial charge in [-0.3, -0.25) is 0 Å². The van der Waals surface area contributed by atoms with Gasteiger partial charge in [-0.1, -0.05) is 0 Å². The minimum Gasteiger partial charge on any atom is -0.496 e. The maximum Gasteiger partial charge on any atom is 0.240 e. The van der Waals surface area contributed by atoms with E-state index in [4.69, 9.17) is 9.47 Å². The topological polar surface area (TPSA) is 76.7 Å². The Bertz CT molecular complexity index is 531. The van der Waals surface area contributed by atoms with Crippen molar-refractivity contribution in [1.82, 2.24) is 10.0 Å². The molecular weight excluding hydrogens is 280 g/mol. The van der Waals surface area contributed by atoms with Crippen molar-refractivity contribution >= 4 is 10.0 Å². The molecule has 20 heavy (non-hydrogen) atoms. The number of nitrogens with one attached hydrogen (secondary N) is 2. The fraction of sp³-hybridized carbons (Fsp3) is 0.538. The van der Waals surface area contributed by atoms with Crippen LogP contribution in [0.3, 0.4) is 0 Å². The van der Waals surface area contributed by atoms with E-state index in [1.54, 1.807) is 33.2 Å². The SMILES string of the molecule is CNCc1cc(S(=O)(=O)NC(C)COC)ccc1OC. The summed E-state index contributed by atoms with van der Waals surface area (Å²) in [6.07, 6.45) is 0. The molecule has 0 aliphatic carbocycles. The molecule has 1 atom stereocenters. The molecule has 1 aromatic rings. The number of methoxy groups -OCH3 is 2. The lowest BCUT2D eigenvalue weighted by Gasteiger charge is -2.15. The molecule has 0 heterocycles. The fourth-order valence-corrected chi connectivity index (χ4v) is 3.15. The van der Waals surface area contributed by atoms with Crippen LogP contribution in [0.4, 0.5) is 0 Å². The lowest BCUT2D eigenvalue weighted by atomic mass is 10.2. The lowest BCUT2D eigenvalue weighted by molar-refractivity contribution is 0.180.